The summed E-state index contributed by atoms with van der Waals surface area (Å²) in [5.41, 5.74) is 0.755. The quantitative estimate of drug-likeness (QED) is 0.872. The Hall–Kier alpha value is -2.19. The van der Waals surface area contributed by atoms with Crippen LogP contribution >= 0.6 is 11.6 Å². The molecule has 1 N–H and O–H groups in total. The molecule has 0 spiro atoms. The van der Waals surface area contributed by atoms with Crippen LogP contribution in [0.5, 0.6) is 0 Å². The summed E-state index contributed by atoms with van der Waals surface area (Å²) < 4.78 is 23.3. The first-order valence-corrected chi connectivity index (χ1v) is 9.87. The van der Waals surface area contributed by atoms with Crippen molar-refractivity contribution < 1.29 is 13.2 Å². The predicted molar refractivity (Wildman–Crippen MR) is 96.9 cm³/mol. The molecule has 9 heteroatoms. The van der Waals surface area contributed by atoms with Crippen molar-refractivity contribution in [3.8, 4) is 0 Å². The zero-order valence-corrected chi connectivity index (χ0v) is 15.1. The molecule has 2 heterocycles. The van der Waals surface area contributed by atoms with E-state index in [9.17, 15) is 13.2 Å². The van der Waals surface area contributed by atoms with Crippen molar-refractivity contribution in [1.29, 1.82) is 0 Å². The Morgan fingerprint density at radius 1 is 1.36 bits per heavy atom. The van der Waals surface area contributed by atoms with E-state index in [-0.39, 0.29) is 23.2 Å². The van der Waals surface area contributed by atoms with Crippen molar-refractivity contribution in [2.24, 2.45) is 0 Å². The summed E-state index contributed by atoms with van der Waals surface area (Å²) in [6.07, 6.45) is 2.01. The maximum Gasteiger partial charge on any atom is 0.274 e. The van der Waals surface area contributed by atoms with Crippen LogP contribution in [0.25, 0.3) is 0 Å². The Morgan fingerprint density at radius 2 is 2.16 bits per heavy atom. The molecule has 7 nitrogen and oxygen atoms in total. The van der Waals surface area contributed by atoms with Gasteiger partial charge < -0.3 is 10.2 Å². The molecule has 0 aliphatic carbocycles. The van der Waals surface area contributed by atoms with E-state index in [1.807, 2.05) is 0 Å². The van der Waals surface area contributed by atoms with Crippen LogP contribution in [-0.2, 0) is 9.84 Å². The molecular formula is C16H17ClN4O3S. The van der Waals surface area contributed by atoms with Crippen LogP contribution in [0.4, 0.5) is 11.6 Å². The van der Waals surface area contributed by atoms with Crippen LogP contribution in [0.3, 0.4) is 0 Å². The second-order valence-electron chi connectivity index (χ2n) is 5.87. The Bertz CT molecular complexity index is 904. The number of anilines is 2. The van der Waals surface area contributed by atoms with Gasteiger partial charge in [-0.3, -0.25) is 4.79 Å². The Balaban J connectivity index is 1.76. The number of hydrogen-bond donors (Lipinski definition) is 1. The van der Waals surface area contributed by atoms with Crippen molar-refractivity contribution in [3.05, 3.63) is 47.2 Å². The van der Waals surface area contributed by atoms with Crippen molar-refractivity contribution in [2.75, 3.05) is 28.8 Å². The SMILES string of the molecule is CN(c1nccc(C(=O)Nc2cccc(Cl)c2)n1)C1CCS(=O)(=O)C1. The predicted octanol–water partition coefficient (Wildman–Crippen LogP) is 2.01. The van der Waals surface area contributed by atoms with Gasteiger partial charge in [-0.2, -0.15) is 0 Å². The standard InChI is InChI=1S/C16H17ClN4O3S/c1-21(13-6-8-25(23,24)10-13)16-18-7-5-14(20-16)15(22)19-12-4-2-3-11(17)9-12/h2-5,7,9,13H,6,8,10H2,1H3,(H,19,22). The zero-order valence-electron chi connectivity index (χ0n) is 13.5. The van der Waals surface area contributed by atoms with Gasteiger partial charge in [0.05, 0.1) is 11.5 Å². The highest BCUT2D eigenvalue weighted by molar-refractivity contribution is 7.91. The number of carbonyl (C=O) groups is 1. The molecule has 1 atom stereocenters. The van der Waals surface area contributed by atoms with Gasteiger partial charge in [-0.1, -0.05) is 17.7 Å². The molecule has 1 fully saturated rings. The Kier molecular flexibility index (Phi) is 4.91. The van der Waals surface area contributed by atoms with Crippen molar-refractivity contribution in [1.82, 2.24) is 9.97 Å². The third kappa shape index (κ3) is 4.26. The second kappa shape index (κ2) is 6.97. The first kappa shape index (κ1) is 17.6. The molecule has 3 rings (SSSR count). The van der Waals surface area contributed by atoms with Gasteiger partial charge in [-0.15, -0.1) is 0 Å². The van der Waals surface area contributed by atoms with E-state index in [1.165, 1.54) is 12.3 Å². The van der Waals surface area contributed by atoms with Crippen LogP contribution in [0, 0.1) is 0 Å². The fourth-order valence-electron chi connectivity index (χ4n) is 2.65. The lowest BCUT2D eigenvalue weighted by molar-refractivity contribution is 0.102. The molecule has 1 aromatic heterocycles. The smallest absolute Gasteiger partial charge is 0.274 e. The molecular weight excluding hydrogens is 364 g/mol. The Morgan fingerprint density at radius 3 is 2.84 bits per heavy atom. The third-order valence-corrected chi connectivity index (χ3v) is 6.02. The van der Waals surface area contributed by atoms with Crippen molar-refractivity contribution in [3.63, 3.8) is 0 Å². The van der Waals surface area contributed by atoms with Crippen LogP contribution in [0.2, 0.25) is 5.02 Å². The zero-order chi connectivity index (χ0) is 18.0. The van der Waals surface area contributed by atoms with Crippen LogP contribution in [-0.4, -0.2) is 48.9 Å². The monoisotopic (exact) mass is 380 g/mol. The summed E-state index contributed by atoms with van der Waals surface area (Å²) in [5, 5.41) is 3.24. The molecule has 132 valence electrons. The topological polar surface area (TPSA) is 92.3 Å². The van der Waals surface area contributed by atoms with E-state index in [0.717, 1.165) is 0 Å². The lowest BCUT2D eigenvalue weighted by Gasteiger charge is -2.23. The minimum atomic E-state index is -3.01. The molecule has 1 aliphatic heterocycles. The number of halogens is 1. The summed E-state index contributed by atoms with van der Waals surface area (Å²) in [4.78, 5) is 22.5. The molecule has 2 aromatic rings. The number of amides is 1. The van der Waals surface area contributed by atoms with Crippen LogP contribution in [0.1, 0.15) is 16.9 Å². The fourth-order valence-corrected chi connectivity index (χ4v) is 4.61. The van der Waals surface area contributed by atoms with E-state index in [2.05, 4.69) is 15.3 Å². The minimum Gasteiger partial charge on any atom is -0.340 e. The molecule has 25 heavy (non-hydrogen) atoms. The maximum absolute atomic E-state index is 12.4. The number of hydrogen-bond acceptors (Lipinski definition) is 6. The lowest BCUT2D eigenvalue weighted by Crippen LogP contribution is -2.34. The average Bonchev–Trinajstić information content (AvgIpc) is 2.94. The number of nitrogens with zero attached hydrogens (tertiary/aromatic N) is 3. The van der Waals surface area contributed by atoms with Gasteiger partial charge in [0.25, 0.3) is 5.91 Å². The first-order chi connectivity index (χ1) is 11.8. The summed E-state index contributed by atoms with van der Waals surface area (Å²) in [6.45, 7) is 0. The van der Waals surface area contributed by atoms with E-state index >= 15 is 0 Å². The minimum absolute atomic E-state index is 0.0752. The van der Waals surface area contributed by atoms with Gasteiger partial charge in [0.2, 0.25) is 5.95 Å². The second-order valence-corrected chi connectivity index (χ2v) is 8.54. The molecule has 1 aliphatic rings. The number of nitrogens with one attached hydrogen (secondary N) is 1. The number of carbonyl (C=O) groups excluding carboxylic acids is 1. The highest BCUT2D eigenvalue weighted by Gasteiger charge is 2.31. The van der Waals surface area contributed by atoms with Gasteiger partial charge in [0.1, 0.15) is 5.69 Å². The maximum atomic E-state index is 12.4. The number of rotatable bonds is 4. The van der Waals surface area contributed by atoms with Crippen LogP contribution in [0.15, 0.2) is 36.5 Å². The van der Waals surface area contributed by atoms with Gasteiger partial charge in [-0.25, -0.2) is 18.4 Å². The lowest BCUT2D eigenvalue weighted by atomic mass is 10.2. The summed E-state index contributed by atoms with van der Waals surface area (Å²) in [7, 11) is -1.27. The highest BCUT2D eigenvalue weighted by Crippen LogP contribution is 2.20. The molecule has 0 bridgehead atoms. The molecule has 1 amide bonds. The first-order valence-electron chi connectivity index (χ1n) is 7.67. The van der Waals surface area contributed by atoms with Crippen molar-refractivity contribution >= 4 is 39.0 Å². The molecule has 0 saturated carbocycles. The van der Waals surface area contributed by atoms with Gasteiger partial charge in [0, 0.05) is 30.0 Å². The number of aromatic nitrogens is 2. The van der Waals surface area contributed by atoms with Gasteiger partial charge in [-0.05, 0) is 30.7 Å². The summed E-state index contributed by atoms with van der Waals surface area (Å²) >= 11 is 5.90. The van der Waals surface area contributed by atoms with E-state index < -0.39 is 15.7 Å². The molecule has 1 saturated heterocycles. The van der Waals surface area contributed by atoms with E-state index in [1.54, 1.807) is 36.2 Å². The molecule has 1 unspecified atom stereocenters. The largest absolute Gasteiger partial charge is 0.340 e. The van der Waals surface area contributed by atoms with E-state index in [0.29, 0.717) is 23.1 Å². The Labute approximate surface area is 151 Å². The number of benzene rings is 1. The summed E-state index contributed by atoms with van der Waals surface area (Å²) in [6, 6.07) is 8.12. The highest BCUT2D eigenvalue weighted by atomic mass is 35.5. The summed E-state index contributed by atoms with van der Waals surface area (Å²) in [5.74, 6) is 0.169. The van der Waals surface area contributed by atoms with Gasteiger partial charge >= 0.3 is 0 Å². The fraction of sp³-hybridized carbons (Fsp3) is 0.312. The van der Waals surface area contributed by atoms with Crippen LogP contribution < -0.4 is 10.2 Å². The average molecular weight is 381 g/mol. The van der Waals surface area contributed by atoms with E-state index in [4.69, 9.17) is 11.6 Å². The third-order valence-electron chi connectivity index (χ3n) is 4.03. The number of sulfone groups is 1. The van der Waals surface area contributed by atoms with Crippen molar-refractivity contribution in [2.45, 2.75) is 12.5 Å². The normalized spacial score (nSPS) is 18.7. The molecule has 0 radical (unpaired) electrons. The molecule has 1 aromatic carbocycles. The van der Waals surface area contributed by atoms with Gasteiger partial charge in [0.15, 0.2) is 9.84 Å².